The normalized spacial score (nSPS) is 13.3. The molecular formula is C22H17ClFN5OS. The maximum absolute atomic E-state index is 13.1. The molecule has 0 saturated carbocycles. The number of hydrogen-bond acceptors (Lipinski definition) is 5. The highest BCUT2D eigenvalue weighted by molar-refractivity contribution is 7.10. The largest absolute Gasteiger partial charge is 0.329 e. The van der Waals surface area contributed by atoms with Crippen LogP contribution in [0.5, 0.6) is 0 Å². The molecule has 0 spiro atoms. The Morgan fingerprint density at radius 1 is 1.06 bits per heavy atom. The second-order valence-electron chi connectivity index (χ2n) is 7.25. The van der Waals surface area contributed by atoms with Gasteiger partial charge in [-0.3, -0.25) is 4.79 Å². The highest BCUT2D eigenvalue weighted by atomic mass is 35.5. The molecule has 9 heteroatoms. The van der Waals surface area contributed by atoms with E-state index >= 15 is 0 Å². The fourth-order valence-electron chi connectivity index (χ4n) is 3.57. The van der Waals surface area contributed by atoms with Gasteiger partial charge in [0.1, 0.15) is 11.5 Å². The van der Waals surface area contributed by atoms with Gasteiger partial charge >= 0.3 is 0 Å². The van der Waals surface area contributed by atoms with E-state index in [2.05, 4.69) is 10.2 Å². The quantitative estimate of drug-likeness (QED) is 0.458. The average Bonchev–Trinajstić information content (AvgIpc) is 3.41. The van der Waals surface area contributed by atoms with Crippen molar-refractivity contribution in [1.82, 2.24) is 24.6 Å². The van der Waals surface area contributed by atoms with Crippen LogP contribution in [0.1, 0.15) is 26.8 Å². The minimum atomic E-state index is -0.363. The molecule has 4 aromatic rings. The molecule has 5 rings (SSSR count). The summed E-state index contributed by atoms with van der Waals surface area (Å²) in [5, 5.41) is 12.3. The molecule has 0 N–H and O–H groups in total. The molecule has 0 saturated heterocycles. The van der Waals surface area contributed by atoms with E-state index in [-0.39, 0.29) is 11.7 Å². The van der Waals surface area contributed by atoms with Gasteiger partial charge in [-0.1, -0.05) is 23.7 Å². The van der Waals surface area contributed by atoms with Crippen LogP contribution in [-0.4, -0.2) is 37.1 Å². The van der Waals surface area contributed by atoms with Crippen LogP contribution in [0.4, 0.5) is 4.39 Å². The van der Waals surface area contributed by atoms with Gasteiger partial charge in [0.05, 0.1) is 11.6 Å². The number of benzene rings is 2. The van der Waals surface area contributed by atoms with E-state index in [1.807, 2.05) is 34.2 Å². The predicted octanol–water partition coefficient (Wildman–Crippen LogP) is 4.44. The van der Waals surface area contributed by atoms with Gasteiger partial charge in [-0.2, -0.15) is 0 Å². The van der Waals surface area contributed by atoms with E-state index in [1.165, 1.54) is 24.3 Å². The Kier molecular flexibility index (Phi) is 5.25. The van der Waals surface area contributed by atoms with Crippen LogP contribution >= 0.6 is 22.9 Å². The molecule has 0 aliphatic carbocycles. The van der Waals surface area contributed by atoms with Gasteiger partial charge in [-0.25, -0.2) is 9.37 Å². The summed E-state index contributed by atoms with van der Waals surface area (Å²) in [4.78, 5) is 19.2. The zero-order valence-electron chi connectivity index (χ0n) is 16.3. The van der Waals surface area contributed by atoms with Gasteiger partial charge < -0.3 is 9.47 Å². The third kappa shape index (κ3) is 4.08. The Morgan fingerprint density at radius 3 is 2.61 bits per heavy atom. The molecule has 0 atom stereocenters. The lowest BCUT2D eigenvalue weighted by Crippen LogP contribution is -2.38. The summed E-state index contributed by atoms with van der Waals surface area (Å²) in [5.41, 5.74) is 2.38. The smallest absolute Gasteiger partial charge is 0.254 e. The fraction of sp³-hybridized carbons (Fsp3) is 0.182. The Hall–Kier alpha value is -3.10. The number of aromatic nitrogens is 4. The van der Waals surface area contributed by atoms with Crippen LogP contribution < -0.4 is 0 Å². The Labute approximate surface area is 186 Å². The van der Waals surface area contributed by atoms with Crippen LogP contribution in [-0.2, 0) is 19.5 Å². The number of halogens is 2. The van der Waals surface area contributed by atoms with Crippen LogP contribution in [0.3, 0.4) is 0 Å². The number of rotatable bonds is 4. The number of hydrogen-bond donors (Lipinski definition) is 0. The standard InChI is InChI=1S/C22H17ClFN5OS/c23-16-5-1-14(2-6-16)11-20-25-18(13-31-20)21-27-26-19-12-28(9-10-29(19)21)22(30)15-3-7-17(24)8-4-15/h1-8,13H,9-12H2. The minimum absolute atomic E-state index is 0.144. The first kappa shape index (κ1) is 19.8. The molecule has 0 bridgehead atoms. The van der Waals surface area contributed by atoms with Gasteiger partial charge in [-0.15, -0.1) is 21.5 Å². The van der Waals surface area contributed by atoms with Crippen LogP contribution in [0.2, 0.25) is 5.02 Å². The second kappa shape index (κ2) is 8.20. The summed E-state index contributed by atoms with van der Waals surface area (Å²) in [6.07, 6.45) is 0.725. The monoisotopic (exact) mass is 453 g/mol. The van der Waals surface area contributed by atoms with E-state index < -0.39 is 0 Å². The summed E-state index contributed by atoms with van der Waals surface area (Å²) >= 11 is 7.53. The highest BCUT2D eigenvalue weighted by Crippen LogP contribution is 2.25. The number of nitrogens with zero attached hydrogens (tertiary/aromatic N) is 5. The topological polar surface area (TPSA) is 63.9 Å². The lowest BCUT2D eigenvalue weighted by atomic mass is 10.2. The number of fused-ring (bicyclic) bond motifs is 1. The Bertz CT molecular complexity index is 1240. The summed E-state index contributed by atoms with van der Waals surface area (Å²) in [7, 11) is 0. The SMILES string of the molecule is O=C(c1ccc(F)cc1)N1CCn2c(nnc2-c2csc(Cc3ccc(Cl)cc3)n2)C1. The molecule has 1 aliphatic rings. The number of carbonyl (C=O) groups is 1. The summed E-state index contributed by atoms with van der Waals surface area (Å²) < 4.78 is 15.1. The molecule has 1 aliphatic heterocycles. The van der Waals surface area contributed by atoms with E-state index in [1.54, 1.807) is 16.2 Å². The van der Waals surface area contributed by atoms with Crippen molar-refractivity contribution >= 4 is 28.8 Å². The van der Waals surface area contributed by atoms with E-state index in [0.717, 1.165) is 22.7 Å². The van der Waals surface area contributed by atoms with Crippen LogP contribution in [0.15, 0.2) is 53.9 Å². The van der Waals surface area contributed by atoms with Crippen molar-refractivity contribution in [2.45, 2.75) is 19.5 Å². The van der Waals surface area contributed by atoms with Crippen molar-refractivity contribution in [3.05, 3.63) is 86.7 Å². The molecular weight excluding hydrogens is 437 g/mol. The first-order chi connectivity index (χ1) is 15.1. The summed E-state index contributed by atoms with van der Waals surface area (Å²) in [6, 6.07) is 13.3. The van der Waals surface area contributed by atoms with Crippen LogP contribution in [0.25, 0.3) is 11.5 Å². The third-order valence-corrected chi connectivity index (χ3v) is 6.28. The van der Waals surface area contributed by atoms with Crippen molar-refractivity contribution in [3.8, 4) is 11.5 Å². The molecule has 0 fully saturated rings. The van der Waals surface area contributed by atoms with E-state index in [4.69, 9.17) is 16.6 Å². The predicted molar refractivity (Wildman–Crippen MR) is 117 cm³/mol. The molecule has 156 valence electrons. The molecule has 1 amide bonds. The molecule has 3 heterocycles. The van der Waals surface area contributed by atoms with Crippen molar-refractivity contribution in [3.63, 3.8) is 0 Å². The fourth-order valence-corrected chi connectivity index (χ4v) is 4.50. The van der Waals surface area contributed by atoms with Gasteiger partial charge in [0, 0.05) is 35.5 Å². The van der Waals surface area contributed by atoms with Crippen molar-refractivity contribution < 1.29 is 9.18 Å². The Morgan fingerprint density at radius 2 is 1.84 bits per heavy atom. The zero-order chi connectivity index (χ0) is 21.4. The highest BCUT2D eigenvalue weighted by Gasteiger charge is 2.26. The lowest BCUT2D eigenvalue weighted by molar-refractivity contribution is 0.0708. The second-order valence-corrected chi connectivity index (χ2v) is 8.63. The number of thiazole rings is 1. The number of carbonyl (C=O) groups excluding carboxylic acids is 1. The molecule has 0 unspecified atom stereocenters. The third-order valence-electron chi connectivity index (χ3n) is 5.18. The van der Waals surface area contributed by atoms with Gasteiger partial charge in [0.2, 0.25) is 0 Å². The first-order valence-electron chi connectivity index (χ1n) is 9.73. The molecule has 2 aromatic carbocycles. The maximum atomic E-state index is 13.1. The van der Waals surface area contributed by atoms with E-state index in [9.17, 15) is 9.18 Å². The lowest BCUT2D eigenvalue weighted by Gasteiger charge is -2.27. The average molecular weight is 454 g/mol. The molecule has 6 nitrogen and oxygen atoms in total. The zero-order valence-corrected chi connectivity index (χ0v) is 17.9. The van der Waals surface area contributed by atoms with Gasteiger partial charge in [-0.05, 0) is 42.0 Å². The van der Waals surface area contributed by atoms with Gasteiger partial charge in [0.25, 0.3) is 5.91 Å². The molecule has 0 radical (unpaired) electrons. The van der Waals surface area contributed by atoms with Crippen molar-refractivity contribution in [2.24, 2.45) is 0 Å². The molecule has 2 aromatic heterocycles. The van der Waals surface area contributed by atoms with E-state index in [0.29, 0.717) is 41.9 Å². The molecule has 31 heavy (non-hydrogen) atoms. The summed E-state index contributed by atoms with van der Waals surface area (Å²) in [6.45, 7) is 1.45. The van der Waals surface area contributed by atoms with Crippen LogP contribution in [0, 0.1) is 5.82 Å². The van der Waals surface area contributed by atoms with Crippen molar-refractivity contribution in [1.29, 1.82) is 0 Å². The minimum Gasteiger partial charge on any atom is -0.329 e. The maximum Gasteiger partial charge on any atom is 0.254 e. The number of amides is 1. The summed E-state index contributed by atoms with van der Waals surface area (Å²) in [5.74, 6) is 0.916. The van der Waals surface area contributed by atoms with Crippen molar-refractivity contribution in [2.75, 3.05) is 6.54 Å². The van der Waals surface area contributed by atoms with Gasteiger partial charge in [0.15, 0.2) is 11.6 Å². The Balaban J connectivity index is 1.32. The first-order valence-corrected chi connectivity index (χ1v) is 11.0.